The van der Waals surface area contributed by atoms with E-state index in [0.29, 0.717) is 11.3 Å². The number of methoxy groups -OCH3 is 1. The van der Waals surface area contributed by atoms with Gasteiger partial charge in [-0.3, -0.25) is 10.1 Å². The Kier molecular flexibility index (Phi) is 7.04. The zero-order chi connectivity index (χ0) is 20.7. The van der Waals surface area contributed by atoms with Crippen molar-refractivity contribution in [2.75, 3.05) is 20.3 Å². The molecule has 0 fully saturated rings. The number of hydrogen-bond acceptors (Lipinski definition) is 8. The summed E-state index contributed by atoms with van der Waals surface area (Å²) >= 11 is 0. The van der Waals surface area contributed by atoms with Gasteiger partial charge in [0.05, 0.1) is 35.1 Å². The predicted molar refractivity (Wildman–Crippen MR) is 97.6 cm³/mol. The number of nitro groups is 1. The molecule has 150 valence electrons. The van der Waals surface area contributed by atoms with E-state index in [9.17, 15) is 28.4 Å². The number of nitrogens with zero attached hydrogens (tertiary/aromatic N) is 1. The largest absolute Gasteiger partial charge is 0.492 e. The van der Waals surface area contributed by atoms with Crippen molar-refractivity contribution >= 4 is 21.7 Å². The van der Waals surface area contributed by atoms with Gasteiger partial charge in [0.25, 0.3) is 5.69 Å². The third-order valence-corrected chi connectivity index (χ3v) is 5.16. The van der Waals surface area contributed by atoms with Gasteiger partial charge >= 0.3 is 5.97 Å². The SMILES string of the molecule is COC(=O)c1ccc(OC[C@@H](CO)NS(=O)(=O)c2ccc([N+](=O)[O-])cc2)cc1. The van der Waals surface area contributed by atoms with Crippen LogP contribution in [0.1, 0.15) is 10.4 Å². The summed E-state index contributed by atoms with van der Waals surface area (Å²) in [6, 6.07) is 9.36. The lowest BCUT2D eigenvalue weighted by molar-refractivity contribution is -0.384. The smallest absolute Gasteiger partial charge is 0.337 e. The van der Waals surface area contributed by atoms with Gasteiger partial charge in [0.1, 0.15) is 12.4 Å². The first kappa shape index (κ1) is 21.3. The van der Waals surface area contributed by atoms with E-state index in [2.05, 4.69) is 9.46 Å². The molecular formula is C17H18N2O8S. The van der Waals surface area contributed by atoms with Crippen LogP contribution in [-0.4, -0.2) is 50.8 Å². The Morgan fingerprint density at radius 3 is 2.29 bits per heavy atom. The van der Waals surface area contributed by atoms with Crippen molar-refractivity contribution in [2.45, 2.75) is 10.9 Å². The normalized spacial score (nSPS) is 12.2. The third kappa shape index (κ3) is 5.49. The Hall–Kier alpha value is -3.02. The topological polar surface area (TPSA) is 145 Å². The first-order valence-corrected chi connectivity index (χ1v) is 9.44. The van der Waals surface area contributed by atoms with Crippen LogP contribution in [0.3, 0.4) is 0 Å². The van der Waals surface area contributed by atoms with E-state index in [1.165, 1.54) is 31.4 Å². The maximum Gasteiger partial charge on any atom is 0.337 e. The molecule has 10 nitrogen and oxygen atoms in total. The highest BCUT2D eigenvalue weighted by atomic mass is 32.2. The average molecular weight is 410 g/mol. The molecule has 0 amide bonds. The lowest BCUT2D eigenvalue weighted by atomic mass is 10.2. The van der Waals surface area contributed by atoms with E-state index in [4.69, 9.17) is 4.74 Å². The highest BCUT2D eigenvalue weighted by molar-refractivity contribution is 7.89. The lowest BCUT2D eigenvalue weighted by Gasteiger charge is -2.17. The predicted octanol–water partition coefficient (Wildman–Crippen LogP) is 1.10. The third-order valence-electron chi connectivity index (χ3n) is 3.63. The molecule has 0 saturated carbocycles. The van der Waals surface area contributed by atoms with E-state index >= 15 is 0 Å². The van der Waals surface area contributed by atoms with Gasteiger partial charge < -0.3 is 14.6 Å². The van der Waals surface area contributed by atoms with Gasteiger partial charge in [0.2, 0.25) is 10.0 Å². The number of esters is 1. The summed E-state index contributed by atoms with van der Waals surface area (Å²) in [5, 5.41) is 20.1. The van der Waals surface area contributed by atoms with E-state index in [1.54, 1.807) is 0 Å². The lowest BCUT2D eigenvalue weighted by Crippen LogP contribution is -2.41. The Labute approximate surface area is 160 Å². The molecule has 0 bridgehead atoms. The first-order chi connectivity index (χ1) is 13.3. The van der Waals surface area contributed by atoms with Crippen molar-refractivity contribution in [2.24, 2.45) is 0 Å². The highest BCUT2D eigenvalue weighted by Gasteiger charge is 2.21. The molecule has 28 heavy (non-hydrogen) atoms. The zero-order valence-corrected chi connectivity index (χ0v) is 15.6. The molecule has 0 radical (unpaired) electrons. The Balaban J connectivity index is 2.01. The summed E-state index contributed by atoms with van der Waals surface area (Å²) in [5.74, 6) is -0.142. The van der Waals surface area contributed by atoms with Crippen LogP contribution in [0.5, 0.6) is 5.75 Å². The van der Waals surface area contributed by atoms with Crippen molar-refractivity contribution in [1.82, 2.24) is 4.72 Å². The molecule has 0 aliphatic rings. The summed E-state index contributed by atoms with van der Waals surface area (Å²) < 4.78 is 37.0. The Morgan fingerprint density at radius 1 is 1.18 bits per heavy atom. The number of rotatable bonds is 9. The first-order valence-electron chi connectivity index (χ1n) is 7.95. The molecule has 2 rings (SSSR count). The maximum absolute atomic E-state index is 12.3. The van der Waals surface area contributed by atoms with Crippen LogP contribution in [0.25, 0.3) is 0 Å². The molecule has 11 heteroatoms. The fraction of sp³-hybridized carbons (Fsp3) is 0.235. The molecule has 2 N–H and O–H groups in total. The number of aliphatic hydroxyl groups is 1. The summed E-state index contributed by atoms with van der Waals surface area (Å²) in [5.41, 5.74) is 0.0869. The zero-order valence-electron chi connectivity index (χ0n) is 14.8. The molecule has 1 atom stereocenters. The highest BCUT2D eigenvalue weighted by Crippen LogP contribution is 2.17. The molecule has 0 saturated heterocycles. The van der Waals surface area contributed by atoms with Crippen LogP contribution < -0.4 is 9.46 Å². The Morgan fingerprint density at radius 2 is 1.79 bits per heavy atom. The number of hydrogen-bond donors (Lipinski definition) is 2. The van der Waals surface area contributed by atoms with Crippen LogP contribution in [0.4, 0.5) is 5.69 Å². The fourth-order valence-corrected chi connectivity index (χ4v) is 3.37. The number of nitro benzene ring substituents is 1. The van der Waals surface area contributed by atoms with Gasteiger partial charge in [-0.25, -0.2) is 17.9 Å². The second-order valence-corrected chi connectivity index (χ2v) is 7.29. The number of non-ortho nitro benzene ring substituents is 1. The second kappa shape index (κ2) is 9.26. The summed E-state index contributed by atoms with van der Waals surface area (Å²) in [6.45, 7) is -0.716. The van der Waals surface area contributed by atoms with Crippen molar-refractivity contribution < 1.29 is 32.7 Å². The van der Waals surface area contributed by atoms with Gasteiger partial charge in [0.15, 0.2) is 0 Å². The van der Waals surface area contributed by atoms with E-state index in [0.717, 1.165) is 24.3 Å². The van der Waals surface area contributed by atoms with Crippen molar-refractivity contribution in [3.05, 3.63) is 64.2 Å². The Bertz CT molecular complexity index is 927. The minimum absolute atomic E-state index is 0.180. The minimum atomic E-state index is -4.01. The van der Waals surface area contributed by atoms with Gasteiger partial charge in [0, 0.05) is 12.1 Å². The fourth-order valence-electron chi connectivity index (χ4n) is 2.16. The molecule has 0 aliphatic carbocycles. The average Bonchev–Trinajstić information content (AvgIpc) is 2.70. The van der Waals surface area contributed by atoms with E-state index < -0.39 is 33.6 Å². The molecule has 0 aromatic heterocycles. The summed E-state index contributed by atoms with van der Waals surface area (Å²) in [4.78, 5) is 21.2. The molecule has 0 heterocycles. The number of carbonyl (C=O) groups is 1. The van der Waals surface area contributed by atoms with Gasteiger partial charge in [-0.15, -0.1) is 0 Å². The number of sulfonamides is 1. The number of aliphatic hydroxyl groups excluding tert-OH is 1. The molecule has 2 aromatic carbocycles. The molecular weight excluding hydrogens is 392 g/mol. The molecule has 0 aliphatic heterocycles. The van der Waals surface area contributed by atoms with Crippen molar-refractivity contribution in [3.8, 4) is 5.75 Å². The van der Waals surface area contributed by atoms with Crippen LogP contribution >= 0.6 is 0 Å². The monoisotopic (exact) mass is 410 g/mol. The number of carbonyl (C=O) groups excluding carboxylic acids is 1. The number of benzene rings is 2. The summed E-state index contributed by atoms with van der Waals surface area (Å²) in [7, 11) is -2.75. The van der Waals surface area contributed by atoms with Crippen molar-refractivity contribution in [3.63, 3.8) is 0 Å². The second-order valence-electron chi connectivity index (χ2n) is 5.58. The molecule has 0 spiro atoms. The van der Waals surface area contributed by atoms with Crippen LogP contribution in [0, 0.1) is 10.1 Å². The minimum Gasteiger partial charge on any atom is -0.492 e. The van der Waals surface area contributed by atoms with E-state index in [1.807, 2.05) is 0 Å². The number of ether oxygens (including phenoxy) is 2. The van der Waals surface area contributed by atoms with Crippen LogP contribution in [0.2, 0.25) is 0 Å². The van der Waals surface area contributed by atoms with Gasteiger partial charge in [-0.2, -0.15) is 0 Å². The van der Waals surface area contributed by atoms with Gasteiger partial charge in [-0.1, -0.05) is 0 Å². The number of nitrogens with one attached hydrogen (secondary N) is 1. The standard InChI is InChI=1S/C17H18N2O8S/c1-26-17(21)12-2-6-15(7-3-12)27-11-13(10-20)18-28(24,25)16-8-4-14(5-9-16)19(22)23/h2-9,13,18,20H,10-11H2,1H3/t13-/m1/s1. The molecule has 2 aromatic rings. The van der Waals surface area contributed by atoms with Crippen LogP contribution in [0.15, 0.2) is 53.4 Å². The summed E-state index contributed by atoms with van der Waals surface area (Å²) in [6.07, 6.45) is 0. The quantitative estimate of drug-likeness (QED) is 0.355. The molecule has 0 unspecified atom stereocenters. The van der Waals surface area contributed by atoms with Crippen molar-refractivity contribution in [1.29, 1.82) is 0 Å². The van der Waals surface area contributed by atoms with E-state index in [-0.39, 0.29) is 17.2 Å². The maximum atomic E-state index is 12.3. The van der Waals surface area contributed by atoms with Gasteiger partial charge in [-0.05, 0) is 36.4 Å². The van der Waals surface area contributed by atoms with Crippen LogP contribution in [-0.2, 0) is 14.8 Å².